The number of hydrogen-bond acceptors (Lipinski definition) is 5. The average Bonchev–Trinajstić information content (AvgIpc) is 1.33. The van der Waals surface area contributed by atoms with E-state index in [0.29, 0.717) is 5.89 Å². The first kappa shape index (κ1) is 64.2. The minimum Gasteiger partial charge on any atom is -0.435 e. The van der Waals surface area contributed by atoms with Gasteiger partial charge in [-0.3, -0.25) is 4.57 Å². The van der Waals surface area contributed by atoms with Crippen molar-refractivity contribution in [1.29, 1.82) is 0 Å². The number of hydrogen-bond donors (Lipinski definition) is 0. The van der Waals surface area contributed by atoms with Gasteiger partial charge in [-0.25, -0.2) is 19.9 Å². The average molecular weight is 1420 g/mol. The topological polar surface area (TPSA) is 69.6 Å². The number of benzene rings is 19. The summed E-state index contributed by atoms with van der Waals surface area (Å²) in [6, 6.07) is 141. The summed E-state index contributed by atoms with van der Waals surface area (Å²) in [5.41, 5.74) is 22.1. The number of pyridine rings is 2. The lowest BCUT2D eigenvalue weighted by molar-refractivity contribution is 0.623. The Bertz CT molecular complexity index is 7680. The number of oxazole rings is 1. The van der Waals surface area contributed by atoms with Crippen LogP contribution in [0.5, 0.6) is 0 Å². The van der Waals surface area contributed by atoms with Crippen molar-refractivity contribution in [2.24, 2.45) is 0 Å². The fourth-order valence-corrected chi connectivity index (χ4v) is 17.1. The lowest BCUT2D eigenvalue weighted by Crippen LogP contribution is -1.97. The summed E-state index contributed by atoms with van der Waals surface area (Å²) >= 11 is 0. The van der Waals surface area contributed by atoms with E-state index in [0.717, 1.165) is 127 Å². The molecule has 4 aromatic heterocycles. The first-order valence-electron chi connectivity index (χ1n) is 38.1. The molecule has 112 heavy (non-hydrogen) atoms. The zero-order chi connectivity index (χ0) is 73.7. The van der Waals surface area contributed by atoms with Crippen LogP contribution < -0.4 is 0 Å². The number of nitrogens with zero attached hydrogens (tertiary/aromatic N) is 5. The van der Waals surface area contributed by atoms with Gasteiger partial charge in [-0.05, 0) is 194 Å². The molecule has 4 heterocycles. The zero-order valence-corrected chi connectivity index (χ0v) is 60.7. The molecule has 0 fully saturated rings. The molecule has 0 radical (unpaired) electrons. The van der Waals surface area contributed by atoms with Crippen molar-refractivity contribution in [3.05, 3.63) is 394 Å². The fourth-order valence-electron chi connectivity index (χ4n) is 17.1. The standard InChI is InChI=1S/C54H32N2O.C52H33N3/c1-3-13-37-29-39(27-21-33(37)11-1)47-31-49-48(40-28-22-34-12-2-4-14-38(34)30-40)32-50(55-51(49)44-18-8-6-17-43(44)47)35-23-25-36(26-24-35)54-56-52-45-19-9-5-15-41(45)42-16-7-10-20-46(42)53(52)57-54;1-2-16-42(17-3-1)55-50-21-11-10-20-48(50)54-52(55)37-26-24-36(25-27-37)49-33-46(41-29-23-35-13-5-7-15-39(35)31-41)47-32-45(43-18-8-9-19-44(43)51(47)53-49)40-28-22-34-12-4-6-14-38(34)30-40/h1-32H;1-33H. The molecule has 6 heteroatoms. The van der Waals surface area contributed by atoms with Crippen LogP contribution in [0.25, 0.3) is 226 Å². The van der Waals surface area contributed by atoms with Crippen LogP contribution in [0.3, 0.4) is 0 Å². The molecule has 520 valence electrons. The van der Waals surface area contributed by atoms with Crippen LogP contribution in [0.15, 0.2) is 399 Å². The summed E-state index contributed by atoms with van der Waals surface area (Å²) in [5, 5.41) is 21.2. The second kappa shape index (κ2) is 26.5. The summed E-state index contributed by atoms with van der Waals surface area (Å²) in [5.74, 6) is 1.52. The van der Waals surface area contributed by atoms with Crippen LogP contribution in [0, 0.1) is 0 Å². The molecule has 0 N–H and O–H groups in total. The van der Waals surface area contributed by atoms with E-state index >= 15 is 0 Å². The summed E-state index contributed by atoms with van der Waals surface area (Å²) in [7, 11) is 0. The van der Waals surface area contributed by atoms with Gasteiger partial charge < -0.3 is 4.42 Å². The largest absolute Gasteiger partial charge is 0.435 e. The second-order valence-corrected chi connectivity index (χ2v) is 29.1. The second-order valence-electron chi connectivity index (χ2n) is 29.1. The van der Waals surface area contributed by atoms with Gasteiger partial charge in [0.1, 0.15) is 11.3 Å². The molecule has 0 spiro atoms. The molecule has 23 rings (SSSR count). The van der Waals surface area contributed by atoms with Crippen LogP contribution >= 0.6 is 0 Å². The molecule has 0 aliphatic heterocycles. The summed E-state index contributed by atoms with van der Waals surface area (Å²) in [6.07, 6.45) is 0. The van der Waals surface area contributed by atoms with E-state index in [1.54, 1.807) is 0 Å². The molecule has 19 aromatic carbocycles. The molecule has 0 aliphatic carbocycles. The van der Waals surface area contributed by atoms with E-state index in [9.17, 15) is 0 Å². The maximum atomic E-state index is 6.58. The van der Waals surface area contributed by atoms with Crippen LogP contribution in [0.1, 0.15) is 0 Å². The third-order valence-electron chi connectivity index (χ3n) is 22.6. The van der Waals surface area contributed by atoms with Gasteiger partial charge in [0.05, 0.1) is 33.5 Å². The number of fused-ring (bicyclic) bond motifs is 17. The van der Waals surface area contributed by atoms with Crippen LogP contribution in [-0.2, 0) is 0 Å². The van der Waals surface area contributed by atoms with E-state index < -0.39 is 0 Å². The van der Waals surface area contributed by atoms with Gasteiger partial charge in [0.15, 0.2) is 5.58 Å². The summed E-state index contributed by atoms with van der Waals surface area (Å²) < 4.78 is 8.83. The number of para-hydroxylation sites is 3. The van der Waals surface area contributed by atoms with Gasteiger partial charge in [-0.15, -0.1) is 0 Å². The van der Waals surface area contributed by atoms with Crippen LogP contribution in [-0.4, -0.2) is 24.5 Å². The molecule has 0 saturated carbocycles. The van der Waals surface area contributed by atoms with Crippen molar-refractivity contribution in [2.45, 2.75) is 0 Å². The van der Waals surface area contributed by atoms with Gasteiger partial charge in [-0.1, -0.05) is 309 Å². The molecule has 0 aliphatic rings. The van der Waals surface area contributed by atoms with Crippen molar-refractivity contribution in [1.82, 2.24) is 24.5 Å². The molecule has 0 saturated heterocycles. The Kier molecular flexibility index (Phi) is 15.2. The Hall–Kier alpha value is -15.0. The predicted octanol–water partition coefficient (Wildman–Crippen LogP) is 28.5. The number of imidazole rings is 1. The van der Waals surface area contributed by atoms with E-state index in [1.165, 1.54) is 92.5 Å². The molecule has 23 aromatic rings. The zero-order valence-electron chi connectivity index (χ0n) is 60.7. The quantitative estimate of drug-likeness (QED) is 0.135. The Morgan fingerprint density at radius 3 is 1.01 bits per heavy atom. The van der Waals surface area contributed by atoms with E-state index in [4.69, 9.17) is 24.4 Å². The van der Waals surface area contributed by atoms with E-state index in [-0.39, 0.29) is 0 Å². The minimum atomic E-state index is 0.605. The lowest BCUT2D eigenvalue weighted by atomic mass is 9.90. The van der Waals surface area contributed by atoms with Gasteiger partial charge in [-0.2, -0.15) is 0 Å². The third-order valence-corrected chi connectivity index (χ3v) is 22.6. The van der Waals surface area contributed by atoms with Gasteiger partial charge in [0, 0.05) is 60.3 Å². The Morgan fingerprint density at radius 2 is 0.545 bits per heavy atom. The minimum absolute atomic E-state index is 0.605. The van der Waals surface area contributed by atoms with Crippen molar-refractivity contribution in [3.63, 3.8) is 0 Å². The molecule has 0 amide bonds. The monoisotopic (exact) mass is 1420 g/mol. The molecule has 0 unspecified atom stereocenters. The van der Waals surface area contributed by atoms with Gasteiger partial charge >= 0.3 is 0 Å². The molecular weight excluding hydrogens is 1360 g/mol. The van der Waals surface area contributed by atoms with Gasteiger partial charge in [0.25, 0.3) is 0 Å². The van der Waals surface area contributed by atoms with Crippen LogP contribution in [0.2, 0.25) is 0 Å². The highest BCUT2D eigenvalue weighted by Crippen LogP contribution is 2.46. The Labute approximate surface area is 644 Å². The Balaban J connectivity index is 0.000000137. The highest BCUT2D eigenvalue weighted by molar-refractivity contribution is 6.23. The number of aromatic nitrogens is 5. The first-order valence-corrected chi connectivity index (χ1v) is 38.1. The lowest BCUT2D eigenvalue weighted by Gasteiger charge is -2.16. The molecule has 0 bridgehead atoms. The van der Waals surface area contributed by atoms with Crippen LogP contribution in [0.4, 0.5) is 0 Å². The molecule has 6 nitrogen and oxygen atoms in total. The maximum absolute atomic E-state index is 6.58. The Morgan fingerprint density at radius 1 is 0.205 bits per heavy atom. The smallest absolute Gasteiger partial charge is 0.227 e. The highest BCUT2D eigenvalue weighted by Gasteiger charge is 2.23. The van der Waals surface area contributed by atoms with Crippen molar-refractivity contribution in [3.8, 4) is 95.6 Å². The molecule has 0 atom stereocenters. The van der Waals surface area contributed by atoms with E-state index in [2.05, 4.69) is 387 Å². The maximum Gasteiger partial charge on any atom is 0.227 e. The highest BCUT2D eigenvalue weighted by atomic mass is 16.3. The summed E-state index contributed by atoms with van der Waals surface area (Å²) in [6.45, 7) is 0. The summed E-state index contributed by atoms with van der Waals surface area (Å²) in [4.78, 5) is 21.2. The van der Waals surface area contributed by atoms with Crippen molar-refractivity contribution in [2.75, 3.05) is 0 Å². The SMILES string of the molecule is c1ccc(-n2c(-c3ccc(-c4cc(-c5ccc6ccccc6c5)c5cc(-c6ccc7ccccc7c6)c6ccccc6c5n4)cc3)nc3ccccc32)cc1.c1ccc2cc(-c3cc4c(-c5ccc6ccccc6c5)cc(-c5ccc(-c6nc7c8ccccc8c8ccccc8c7o6)cc5)nc4c4ccccc34)ccc2c1. The normalized spacial score (nSPS) is 11.8. The van der Waals surface area contributed by atoms with Gasteiger partial charge in [0.2, 0.25) is 5.89 Å². The molecular formula is C106H65N5O. The van der Waals surface area contributed by atoms with Crippen molar-refractivity contribution >= 4 is 130 Å². The first-order chi connectivity index (χ1) is 55.5. The fraction of sp³-hybridized carbons (Fsp3) is 0. The number of rotatable bonds is 9. The van der Waals surface area contributed by atoms with E-state index in [1.807, 2.05) is 12.1 Å². The third kappa shape index (κ3) is 11.0. The van der Waals surface area contributed by atoms with Crippen molar-refractivity contribution < 1.29 is 4.42 Å². The predicted molar refractivity (Wildman–Crippen MR) is 469 cm³/mol.